The standard InChI is InChI=1S/C39H51N3O9/c1-37(2)18-25-24(9-10-29-38(3,50-29)12-11-26(25)37)17-22-6-4-7-23(16-22)20-42-32-35(45)49-28-19-39(32,33(51-42)31-30(28)47-21-48-31)36(46)41-14-5-8-27(41)34(44)40-13-15-43/h4,6-7,16-17,25-33,43H,5,8-15,18-21H2,1-3H3,(H,40,44)/t25-,26-,27-,28+,29?,30+,31+,32+,33-,38-,39+/m1/s1. The van der Waals surface area contributed by atoms with Crippen molar-refractivity contribution in [2.75, 3.05) is 26.5 Å². The zero-order valence-corrected chi connectivity index (χ0v) is 29.9. The van der Waals surface area contributed by atoms with E-state index in [1.165, 1.54) is 18.4 Å². The molecule has 3 saturated carbocycles. The Bertz CT molecular complexity index is 1630. The highest BCUT2D eigenvalue weighted by Crippen LogP contribution is 2.60. The van der Waals surface area contributed by atoms with Crippen LogP contribution in [0.1, 0.15) is 83.3 Å². The number of carbonyl (C=O) groups is 3. The van der Waals surface area contributed by atoms with E-state index in [-0.39, 0.29) is 50.3 Å². The molecule has 8 fully saturated rings. The van der Waals surface area contributed by atoms with Crippen molar-refractivity contribution in [1.82, 2.24) is 15.3 Å². The van der Waals surface area contributed by atoms with Gasteiger partial charge in [-0.15, -0.1) is 0 Å². The van der Waals surface area contributed by atoms with Crippen LogP contribution in [-0.2, 0) is 44.7 Å². The van der Waals surface area contributed by atoms with Crippen molar-refractivity contribution in [2.45, 2.75) is 127 Å². The molecule has 5 saturated heterocycles. The molecule has 1 aromatic carbocycles. The molecular formula is C39H51N3O9. The number of nitrogens with zero attached hydrogens (tertiary/aromatic N) is 2. The third kappa shape index (κ3) is 5.42. The Hall–Kier alpha value is -2.87. The van der Waals surface area contributed by atoms with E-state index >= 15 is 0 Å². The van der Waals surface area contributed by atoms with Gasteiger partial charge in [0.2, 0.25) is 11.8 Å². The first kappa shape index (κ1) is 33.9. The maximum absolute atomic E-state index is 14.9. The second-order valence-corrected chi connectivity index (χ2v) is 17.1. The van der Waals surface area contributed by atoms with E-state index in [0.29, 0.717) is 42.7 Å². The van der Waals surface area contributed by atoms with Crippen molar-refractivity contribution < 1.29 is 43.3 Å². The first-order valence-corrected chi connectivity index (χ1v) is 19.1. The van der Waals surface area contributed by atoms with E-state index < -0.39 is 47.9 Å². The normalized spacial score (nSPS) is 42.8. The molecule has 8 aliphatic rings. The van der Waals surface area contributed by atoms with Crippen molar-refractivity contribution in [2.24, 2.45) is 22.7 Å². The molecule has 2 N–H and O–H groups in total. The summed E-state index contributed by atoms with van der Waals surface area (Å²) in [6, 6.07) is 6.67. The lowest BCUT2D eigenvalue weighted by atomic mass is 9.52. The maximum Gasteiger partial charge on any atom is 0.327 e. The van der Waals surface area contributed by atoms with Crippen LogP contribution in [0.25, 0.3) is 6.08 Å². The van der Waals surface area contributed by atoms with Gasteiger partial charge in [-0.25, -0.2) is 0 Å². The van der Waals surface area contributed by atoms with Gasteiger partial charge >= 0.3 is 5.97 Å². The summed E-state index contributed by atoms with van der Waals surface area (Å²) >= 11 is 0. The summed E-state index contributed by atoms with van der Waals surface area (Å²) in [6.07, 6.45) is 7.12. The minimum absolute atomic E-state index is 0.0238. The van der Waals surface area contributed by atoms with Crippen LogP contribution in [0, 0.1) is 22.7 Å². The lowest BCUT2D eigenvalue weighted by Gasteiger charge is -2.53. The number of epoxide rings is 1. The predicted molar refractivity (Wildman–Crippen MR) is 182 cm³/mol. The average molecular weight is 706 g/mol. The fraction of sp³-hybridized carbons (Fsp3) is 0.718. The van der Waals surface area contributed by atoms with Crippen molar-refractivity contribution in [1.29, 1.82) is 0 Å². The summed E-state index contributed by atoms with van der Waals surface area (Å²) < 4.78 is 24.1. The molecule has 51 heavy (non-hydrogen) atoms. The Morgan fingerprint density at radius 1 is 1.10 bits per heavy atom. The van der Waals surface area contributed by atoms with Crippen LogP contribution in [0.3, 0.4) is 0 Å². The van der Waals surface area contributed by atoms with Crippen molar-refractivity contribution in [3.05, 3.63) is 41.0 Å². The smallest absolute Gasteiger partial charge is 0.327 e. The van der Waals surface area contributed by atoms with Gasteiger partial charge in [-0.1, -0.05) is 49.8 Å². The number of nitrogens with one attached hydrogen (secondary N) is 1. The van der Waals surface area contributed by atoms with Gasteiger partial charge in [0.15, 0.2) is 6.04 Å². The number of aliphatic hydroxyl groups excluding tert-OH is 1. The minimum atomic E-state index is -1.31. The average Bonchev–Trinajstić information content (AvgIpc) is 3.57. The second-order valence-electron chi connectivity index (χ2n) is 17.1. The fourth-order valence-corrected chi connectivity index (χ4v) is 11.0. The molecule has 12 nitrogen and oxygen atoms in total. The molecule has 2 bridgehead atoms. The van der Waals surface area contributed by atoms with Crippen LogP contribution in [0.15, 0.2) is 29.8 Å². The topological polar surface area (TPSA) is 139 Å². The summed E-state index contributed by atoms with van der Waals surface area (Å²) in [5.41, 5.74) is 2.62. The SMILES string of the molecule is CC1(C)C[C@@H]2C(=Cc3cccc(CN4O[C@@H]5[C@H]6OCO[C@H]6[C@@H]6C[C@]5(C(=O)N5CCC[C@@H]5C(=O)NCCO)[C@@H]4C(=O)O6)c3)CCC3O[C@]3(C)CC[C@H]21. The molecule has 5 heterocycles. The molecule has 2 amide bonds. The van der Waals surface area contributed by atoms with Crippen molar-refractivity contribution in [3.63, 3.8) is 0 Å². The van der Waals surface area contributed by atoms with Crippen LogP contribution in [0.4, 0.5) is 0 Å². The number of esters is 1. The van der Waals surface area contributed by atoms with Gasteiger partial charge in [0.25, 0.3) is 0 Å². The molecule has 0 spiro atoms. The van der Waals surface area contributed by atoms with Gasteiger partial charge < -0.3 is 34.3 Å². The van der Waals surface area contributed by atoms with Crippen LogP contribution in [0.2, 0.25) is 0 Å². The van der Waals surface area contributed by atoms with Gasteiger partial charge in [-0.2, -0.15) is 5.06 Å². The van der Waals surface area contributed by atoms with Gasteiger partial charge in [-0.3, -0.25) is 19.2 Å². The first-order valence-electron chi connectivity index (χ1n) is 19.1. The minimum Gasteiger partial charge on any atom is -0.458 e. The molecule has 11 atom stereocenters. The van der Waals surface area contributed by atoms with Gasteiger partial charge in [0, 0.05) is 19.5 Å². The zero-order valence-electron chi connectivity index (χ0n) is 29.9. The molecule has 1 unspecified atom stereocenters. The fourth-order valence-electron chi connectivity index (χ4n) is 11.0. The summed E-state index contributed by atoms with van der Waals surface area (Å²) in [5, 5.41) is 13.6. The second kappa shape index (κ2) is 12.3. The van der Waals surface area contributed by atoms with Crippen LogP contribution < -0.4 is 5.32 Å². The maximum atomic E-state index is 14.9. The Balaban J connectivity index is 1.01. The number of rotatable bonds is 7. The Morgan fingerprint density at radius 3 is 2.76 bits per heavy atom. The van der Waals surface area contributed by atoms with Crippen LogP contribution in [-0.4, -0.2) is 108 Å². The zero-order chi connectivity index (χ0) is 35.3. The lowest BCUT2D eigenvalue weighted by Crippen LogP contribution is -2.70. The number of amides is 2. The number of benzene rings is 1. The summed E-state index contributed by atoms with van der Waals surface area (Å²) in [6.45, 7) is 7.68. The highest BCUT2D eigenvalue weighted by molar-refractivity contribution is 5.96. The summed E-state index contributed by atoms with van der Waals surface area (Å²) in [7, 11) is 0. The number of carbonyl (C=O) groups excluding carboxylic acids is 3. The van der Waals surface area contributed by atoms with E-state index in [2.05, 4.69) is 44.3 Å². The van der Waals surface area contributed by atoms with Gasteiger partial charge in [0.05, 0.1) is 24.9 Å². The highest BCUT2D eigenvalue weighted by Gasteiger charge is 2.75. The number of allylic oxidation sites excluding steroid dienone is 1. The Labute approximate surface area is 299 Å². The molecule has 276 valence electrons. The number of fused-ring (bicyclic) bond motifs is 6. The number of aliphatic hydroxyl groups is 1. The van der Waals surface area contributed by atoms with Crippen molar-refractivity contribution >= 4 is 23.9 Å². The van der Waals surface area contributed by atoms with Crippen LogP contribution >= 0.6 is 0 Å². The Kier molecular flexibility index (Phi) is 8.21. The molecule has 0 aromatic heterocycles. The molecule has 12 heteroatoms. The molecule has 5 aliphatic heterocycles. The molecular weight excluding hydrogens is 654 g/mol. The van der Waals surface area contributed by atoms with Gasteiger partial charge in [-0.05, 0) is 80.2 Å². The van der Waals surface area contributed by atoms with E-state index in [0.717, 1.165) is 30.4 Å². The predicted octanol–water partition coefficient (Wildman–Crippen LogP) is 3.10. The quantitative estimate of drug-likeness (QED) is 0.322. The highest BCUT2D eigenvalue weighted by atomic mass is 16.8. The van der Waals surface area contributed by atoms with E-state index in [9.17, 15) is 19.5 Å². The van der Waals surface area contributed by atoms with E-state index in [4.69, 9.17) is 23.8 Å². The number of likely N-dealkylation sites (tertiary alicyclic amines) is 1. The largest absolute Gasteiger partial charge is 0.458 e. The van der Waals surface area contributed by atoms with Crippen molar-refractivity contribution in [3.8, 4) is 0 Å². The number of hydrogen-bond acceptors (Lipinski definition) is 10. The Morgan fingerprint density at radius 2 is 1.94 bits per heavy atom. The summed E-state index contributed by atoms with van der Waals surface area (Å²) in [5.74, 6) is 0.108. The van der Waals surface area contributed by atoms with Crippen LogP contribution in [0.5, 0.6) is 0 Å². The third-order valence-corrected chi connectivity index (χ3v) is 13.7. The number of hydroxylamine groups is 2. The first-order chi connectivity index (χ1) is 24.5. The monoisotopic (exact) mass is 705 g/mol. The molecule has 0 radical (unpaired) electrons. The third-order valence-electron chi connectivity index (χ3n) is 13.7. The lowest BCUT2D eigenvalue weighted by molar-refractivity contribution is -0.204. The van der Waals surface area contributed by atoms with Gasteiger partial charge in [0.1, 0.15) is 42.7 Å². The molecule has 9 rings (SSSR count). The van der Waals surface area contributed by atoms with E-state index in [1.807, 2.05) is 12.1 Å². The van der Waals surface area contributed by atoms with E-state index in [1.54, 1.807) is 9.96 Å². The number of ether oxygens (including phenoxy) is 4. The summed E-state index contributed by atoms with van der Waals surface area (Å²) in [4.78, 5) is 50.3. The number of hydrogen-bond donors (Lipinski definition) is 2. The molecule has 3 aliphatic carbocycles. The molecule has 1 aromatic rings.